The normalized spacial score (nSPS) is 11.0. The largest absolute Gasteiger partial charge is 0.475 e. The molecule has 0 rings (SSSR count). The Hall–Kier alpha value is -0.290. The Balaban J connectivity index is 4.07. The fourth-order valence-electron chi connectivity index (χ4n) is 0.255. The van der Waals surface area contributed by atoms with Gasteiger partial charge in [-0.15, -0.1) is 0 Å². The highest BCUT2D eigenvalue weighted by Gasteiger charge is 2.19. The van der Waals surface area contributed by atoms with Crippen molar-refractivity contribution in [2.45, 2.75) is 0 Å². The van der Waals surface area contributed by atoms with Crippen LogP contribution < -0.4 is 0 Å². The van der Waals surface area contributed by atoms with Gasteiger partial charge in [-0.3, -0.25) is 4.79 Å². The summed E-state index contributed by atoms with van der Waals surface area (Å²) in [5.41, 5.74) is 0. The zero-order chi connectivity index (χ0) is 8.36. The van der Waals surface area contributed by atoms with Crippen molar-refractivity contribution >= 4 is 30.1 Å². The van der Waals surface area contributed by atoms with E-state index in [0.717, 1.165) is 0 Å². The monoisotopic (exact) mass is 184 g/mol. The Morgan fingerprint density at radius 1 is 1.40 bits per heavy atom. The molecular weight excluding hydrogens is 179 g/mol. The maximum atomic E-state index is 10.2. The van der Waals surface area contributed by atoms with Crippen LogP contribution >= 0.6 is 6.49 Å². The molecule has 0 fully saturated rings. The first-order valence-corrected chi connectivity index (χ1v) is 5.03. The van der Waals surface area contributed by atoms with Gasteiger partial charge in [0, 0.05) is 0 Å². The summed E-state index contributed by atoms with van der Waals surface area (Å²) in [6, 6.07) is 0. The van der Waals surface area contributed by atoms with Crippen molar-refractivity contribution in [1.29, 1.82) is 0 Å². The van der Waals surface area contributed by atoms with Crippen LogP contribution in [0, 0.1) is 0 Å². The molecule has 0 aromatic rings. The highest BCUT2D eigenvalue weighted by Crippen LogP contribution is 2.34. The van der Waals surface area contributed by atoms with Crippen LogP contribution in [0.25, 0.3) is 0 Å². The number of carboxylic acids is 1. The summed E-state index contributed by atoms with van der Waals surface area (Å²) in [6.07, 6.45) is -0.863. The molecule has 0 amide bonds. The van der Waals surface area contributed by atoms with E-state index >= 15 is 0 Å². The van der Waals surface area contributed by atoms with Gasteiger partial charge in [-0.05, 0) is 11.8 Å². The van der Waals surface area contributed by atoms with Crippen molar-refractivity contribution in [3.05, 3.63) is 0 Å². The standard InChI is InChI=1S/C3H5O5PS/c4-2(3(5)6)1-9(7,8)10/h1H2,(H,5,6)(H2,7,8,10). The van der Waals surface area contributed by atoms with E-state index in [4.69, 9.17) is 14.9 Å². The third-order valence-corrected chi connectivity index (χ3v) is 1.67. The van der Waals surface area contributed by atoms with Crippen LogP contribution in [0.5, 0.6) is 0 Å². The number of ketones is 1. The quantitative estimate of drug-likeness (QED) is 0.382. The number of carboxylic acid groups (broad SMARTS) is 1. The topological polar surface area (TPSA) is 94.8 Å². The SMILES string of the molecule is O=C(O)C(=O)CP(O)(O)=S. The molecular formula is C3H5O5PS. The molecule has 0 aliphatic rings. The number of rotatable bonds is 3. The van der Waals surface area contributed by atoms with Crippen molar-refractivity contribution < 1.29 is 24.5 Å². The van der Waals surface area contributed by atoms with Crippen LogP contribution in [-0.2, 0) is 21.4 Å². The Morgan fingerprint density at radius 2 is 1.80 bits per heavy atom. The molecule has 0 aromatic carbocycles. The number of carbonyl (C=O) groups is 2. The fourth-order valence-corrected chi connectivity index (χ4v) is 1.12. The van der Waals surface area contributed by atoms with Crippen molar-refractivity contribution in [3.8, 4) is 0 Å². The number of hydrogen-bond donors (Lipinski definition) is 3. The van der Waals surface area contributed by atoms with E-state index in [-0.39, 0.29) is 0 Å². The van der Waals surface area contributed by atoms with E-state index in [9.17, 15) is 9.59 Å². The second kappa shape index (κ2) is 3.21. The van der Waals surface area contributed by atoms with Gasteiger partial charge in [-0.1, -0.05) is 0 Å². The summed E-state index contributed by atoms with van der Waals surface area (Å²) in [6.45, 7) is -3.67. The first-order chi connectivity index (χ1) is 4.33. The average Bonchev–Trinajstić information content (AvgIpc) is 1.60. The van der Waals surface area contributed by atoms with Gasteiger partial charge in [-0.2, -0.15) is 0 Å². The first kappa shape index (κ1) is 9.71. The van der Waals surface area contributed by atoms with E-state index < -0.39 is 24.4 Å². The molecule has 0 atom stereocenters. The highest BCUT2D eigenvalue weighted by molar-refractivity contribution is 8.09. The predicted octanol–water partition coefficient (Wildman–Crippen LogP) is -1.07. The third kappa shape index (κ3) is 4.58. The minimum Gasteiger partial charge on any atom is -0.475 e. The average molecular weight is 184 g/mol. The highest BCUT2D eigenvalue weighted by atomic mass is 32.5. The predicted molar refractivity (Wildman–Crippen MR) is 36.2 cm³/mol. The smallest absolute Gasteiger partial charge is 0.372 e. The van der Waals surface area contributed by atoms with Gasteiger partial charge in [0.15, 0.2) is 6.49 Å². The second-order valence-corrected chi connectivity index (χ2v) is 4.95. The Morgan fingerprint density at radius 3 is 1.90 bits per heavy atom. The number of hydrogen-bond acceptors (Lipinski definition) is 3. The summed E-state index contributed by atoms with van der Waals surface area (Å²) in [4.78, 5) is 36.8. The molecule has 0 spiro atoms. The third-order valence-electron chi connectivity index (χ3n) is 0.588. The molecule has 0 bridgehead atoms. The first-order valence-electron chi connectivity index (χ1n) is 2.13. The van der Waals surface area contributed by atoms with Crippen molar-refractivity contribution in [2.24, 2.45) is 0 Å². The van der Waals surface area contributed by atoms with Gasteiger partial charge >= 0.3 is 5.97 Å². The molecule has 0 heterocycles. The fraction of sp³-hybridized carbons (Fsp3) is 0.333. The van der Waals surface area contributed by atoms with E-state index in [2.05, 4.69) is 11.8 Å². The number of Topliss-reactive ketones (excluding diaryl/α,β-unsaturated/α-hetero) is 1. The lowest BCUT2D eigenvalue weighted by atomic mass is 10.5. The van der Waals surface area contributed by atoms with E-state index in [1.165, 1.54) is 0 Å². The zero-order valence-electron chi connectivity index (χ0n) is 4.72. The minimum atomic E-state index is -3.67. The van der Waals surface area contributed by atoms with E-state index in [1.807, 2.05) is 0 Å². The molecule has 0 aliphatic heterocycles. The van der Waals surface area contributed by atoms with Crippen molar-refractivity contribution in [2.75, 3.05) is 6.16 Å². The minimum absolute atomic E-state index is 0.863. The van der Waals surface area contributed by atoms with Gasteiger partial charge in [0.2, 0.25) is 5.78 Å². The second-order valence-electron chi connectivity index (χ2n) is 1.55. The lowest BCUT2D eigenvalue weighted by molar-refractivity contribution is -0.147. The van der Waals surface area contributed by atoms with Crippen molar-refractivity contribution in [3.63, 3.8) is 0 Å². The lowest BCUT2D eigenvalue weighted by Gasteiger charge is -2.01. The van der Waals surface area contributed by atoms with E-state index in [1.54, 1.807) is 0 Å². The zero-order valence-corrected chi connectivity index (χ0v) is 6.43. The number of aliphatic carboxylic acids is 1. The van der Waals surface area contributed by atoms with Gasteiger partial charge in [-0.25, -0.2) is 4.79 Å². The molecule has 0 aromatic heterocycles. The van der Waals surface area contributed by atoms with Gasteiger partial charge in [0.05, 0.1) is 6.16 Å². The molecule has 58 valence electrons. The Labute approximate surface area is 61.5 Å². The number of carbonyl (C=O) groups excluding carboxylic acids is 1. The molecule has 0 saturated heterocycles. The maximum absolute atomic E-state index is 10.2. The van der Waals surface area contributed by atoms with E-state index in [0.29, 0.717) is 0 Å². The Bertz CT molecular complexity index is 205. The van der Waals surface area contributed by atoms with Gasteiger partial charge in [0.25, 0.3) is 0 Å². The molecule has 7 heteroatoms. The molecule has 5 nitrogen and oxygen atoms in total. The van der Waals surface area contributed by atoms with Crippen LogP contribution in [-0.4, -0.2) is 32.8 Å². The summed E-state index contributed by atoms with van der Waals surface area (Å²) >= 11 is 4.02. The Kier molecular flexibility index (Phi) is 3.11. The molecule has 0 radical (unpaired) electrons. The summed E-state index contributed by atoms with van der Waals surface area (Å²) in [7, 11) is 0. The maximum Gasteiger partial charge on any atom is 0.372 e. The van der Waals surface area contributed by atoms with Crippen LogP contribution in [0.3, 0.4) is 0 Å². The summed E-state index contributed by atoms with van der Waals surface area (Å²) in [5, 5.41) is 7.95. The molecule has 0 aliphatic carbocycles. The van der Waals surface area contributed by atoms with Gasteiger partial charge < -0.3 is 14.9 Å². The molecule has 3 N–H and O–H groups in total. The van der Waals surface area contributed by atoms with Crippen LogP contribution in [0.1, 0.15) is 0 Å². The lowest BCUT2D eigenvalue weighted by Crippen LogP contribution is -2.16. The van der Waals surface area contributed by atoms with Gasteiger partial charge in [0.1, 0.15) is 0 Å². The summed E-state index contributed by atoms with van der Waals surface area (Å²) < 4.78 is 0. The van der Waals surface area contributed by atoms with Crippen LogP contribution in [0.2, 0.25) is 0 Å². The summed E-state index contributed by atoms with van der Waals surface area (Å²) in [5.74, 6) is -2.97. The molecule has 10 heavy (non-hydrogen) atoms. The molecule has 0 unspecified atom stereocenters. The van der Waals surface area contributed by atoms with Crippen LogP contribution in [0.4, 0.5) is 0 Å². The molecule has 0 saturated carbocycles. The van der Waals surface area contributed by atoms with Crippen LogP contribution in [0.15, 0.2) is 0 Å². The van der Waals surface area contributed by atoms with Crippen molar-refractivity contribution in [1.82, 2.24) is 0 Å².